The van der Waals surface area contributed by atoms with Crippen LogP contribution in [-0.4, -0.2) is 12.0 Å². The van der Waals surface area contributed by atoms with E-state index in [9.17, 15) is 0 Å². The SMILES string of the molecule is CNc1nc2ccc(I)cc2o1. The molecular weight excluding hydrogens is 267 g/mol. The van der Waals surface area contributed by atoms with Gasteiger partial charge in [0.05, 0.1) is 0 Å². The molecule has 0 fully saturated rings. The molecule has 2 rings (SSSR count). The number of aromatic nitrogens is 1. The maximum absolute atomic E-state index is 5.37. The summed E-state index contributed by atoms with van der Waals surface area (Å²) in [4.78, 5) is 4.19. The summed E-state index contributed by atoms with van der Waals surface area (Å²) in [5.41, 5.74) is 1.71. The molecule has 0 radical (unpaired) electrons. The van der Waals surface area contributed by atoms with Crippen molar-refractivity contribution in [2.75, 3.05) is 12.4 Å². The van der Waals surface area contributed by atoms with Crippen LogP contribution in [0.2, 0.25) is 0 Å². The van der Waals surface area contributed by atoms with Crippen LogP contribution in [0.3, 0.4) is 0 Å². The van der Waals surface area contributed by atoms with Crippen LogP contribution in [-0.2, 0) is 0 Å². The lowest BCUT2D eigenvalue weighted by Crippen LogP contribution is -1.85. The zero-order valence-corrected chi connectivity index (χ0v) is 8.62. The third kappa shape index (κ3) is 1.26. The number of benzene rings is 1. The van der Waals surface area contributed by atoms with Gasteiger partial charge in [-0.25, -0.2) is 0 Å². The van der Waals surface area contributed by atoms with Crippen LogP contribution >= 0.6 is 22.6 Å². The summed E-state index contributed by atoms with van der Waals surface area (Å²) in [5.74, 6) is 0. The summed E-state index contributed by atoms with van der Waals surface area (Å²) in [6.45, 7) is 0. The number of oxazole rings is 1. The molecule has 3 nitrogen and oxygen atoms in total. The van der Waals surface area contributed by atoms with Gasteiger partial charge in [-0.3, -0.25) is 0 Å². The van der Waals surface area contributed by atoms with E-state index in [2.05, 4.69) is 32.9 Å². The summed E-state index contributed by atoms with van der Waals surface area (Å²) < 4.78 is 6.52. The van der Waals surface area contributed by atoms with E-state index in [4.69, 9.17) is 4.42 Å². The third-order valence-electron chi connectivity index (χ3n) is 1.56. The maximum Gasteiger partial charge on any atom is 0.295 e. The second-order valence-corrected chi connectivity index (χ2v) is 3.63. The topological polar surface area (TPSA) is 38.1 Å². The monoisotopic (exact) mass is 274 g/mol. The number of hydrogen-bond acceptors (Lipinski definition) is 3. The van der Waals surface area contributed by atoms with Crippen molar-refractivity contribution in [1.82, 2.24) is 4.98 Å². The van der Waals surface area contributed by atoms with Gasteiger partial charge in [-0.05, 0) is 40.8 Å². The number of fused-ring (bicyclic) bond motifs is 1. The van der Waals surface area contributed by atoms with Crippen molar-refractivity contribution in [3.63, 3.8) is 0 Å². The van der Waals surface area contributed by atoms with E-state index in [1.54, 1.807) is 7.05 Å². The van der Waals surface area contributed by atoms with Gasteiger partial charge in [0.15, 0.2) is 5.58 Å². The molecule has 0 atom stereocenters. The summed E-state index contributed by atoms with van der Waals surface area (Å²) >= 11 is 2.24. The van der Waals surface area contributed by atoms with Gasteiger partial charge >= 0.3 is 0 Å². The highest BCUT2D eigenvalue weighted by molar-refractivity contribution is 14.1. The molecule has 0 saturated heterocycles. The van der Waals surface area contributed by atoms with Crippen LogP contribution in [0, 0.1) is 3.57 Å². The minimum absolute atomic E-state index is 0.562. The molecule has 62 valence electrons. The van der Waals surface area contributed by atoms with Crippen LogP contribution in [0.25, 0.3) is 11.1 Å². The molecule has 0 saturated carbocycles. The Bertz CT molecular complexity index is 410. The van der Waals surface area contributed by atoms with Gasteiger partial charge in [-0.15, -0.1) is 0 Å². The molecule has 0 aliphatic carbocycles. The average Bonchev–Trinajstić information content (AvgIpc) is 2.46. The molecule has 0 unspecified atom stereocenters. The van der Waals surface area contributed by atoms with Crippen molar-refractivity contribution >= 4 is 39.7 Å². The van der Waals surface area contributed by atoms with Gasteiger partial charge < -0.3 is 9.73 Å². The van der Waals surface area contributed by atoms with Gasteiger partial charge in [0.25, 0.3) is 6.01 Å². The molecule has 1 N–H and O–H groups in total. The smallest absolute Gasteiger partial charge is 0.295 e. The zero-order chi connectivity index (χ0) is 8.55. The van der Waals surface area contributed by atoms with E-state index in [1.165, 1.54) is 0 Å². The first kappa shape index (κ1) is 7.85. The lowest BCUT2D eigenvalue weighted by atomic mass is 10.3. The lowest BCUT2D eigenvalue weighted by Gasteiger charge is -1.86. The van der Waals surface area contributed by atoms with E-state index >= 15 is 0 Å². The molecule has 1 aromatic carbocycles. The van der Waals surface area contributed by atoms with Gasteiger partial charge in [0.2, 0.25) is 0 Å². The molecule has 0 aliphatic heterocycles. The highest BCUT2D eigenvalue weighted by Gasteiger charge is 2.02. The number of nitrogens with zero attached hydrogens (tertiary/aromatic N) is 1. The Morgan fingerprint density at radius 1 is 1.50 bits per heavy atom. The fourth-order valence-electron chi connectivity index (χ4n) is 1.01. The molecule has 12 heavy (non-hydrogen) atoms. The fourth-order valence-corrected chi connectivity index (χ4v) is 1.47. The normalized spacial score (nSPS) is 10.5. The standard InChI is InChI=1S/C8H7IN2O/c1-10-8-11-6-3-2-5(9)4-7(6)12-8/h2-4H,1H3,(H,10,11). The van der Waals surface area contributed by atoms with Crippen molar-refractivity contribution in [1.29, 1.82) is 0 Å². The first-order valence-electron chi connectivity index (χ1n) is 3.53. The predicted molar refractivity (Wildman–Crippen MR) is 56.3 cm³/mol. The molecular formula is C8H7IN2O. The second kappa shape index (κ2) is 2.93. The molecule has 0 spiro atoms. The minimum atomic E-state index is 0.562. The number of halogens is 1. The van der Waals surface area contributed by atoms with E-state index in [0.29, 0.717) is 6.01 Å². The van der Waals surface area contributed by atoms with Crippen LogP contribution in [0.5, 0.6) is 0 Å². The van der Waals surface area contributed by atoms with Crippen LogP contribution in [0.4, 0.5) is 6.01 Å². The Morgan fingerprint density at radius 2 is 2.33 bits per heavy atom. The highest BCUT2D eigenvalue weighted by atomic mass is 127. The first-order valence-corrected chi connectivity index (χ1v) is 4.61. The molecule has 0 bridgehead atoms. The summed E-state index contributed by atoms with van der Waals surface area (Å²) in [6.07, 6.45) is 0. The Labute approximate surface area is 83.3 Å². The summed E-state index contributed by atoms with van der Waals surface area (Å²) in [6, 6.07) is 6.47. The molecule has 2 aromatic rings. The van der Waals surface area contributed by atoms with Gasteiger partial charge in [-0.1, -0.05) is 0 Å². The van der Waals surface area contributed by atoms with Crippen LogP contribution in [0.1, 0.15) is 0 Å². The number of nitrogens with one attached hydrogen (secondary N) is 1. The molecule has 0 aliphatic rings. The Balaban J connectivity index is 2.67. The van der Waals surface area contributed by atoms with E-state index in [1.807, 2.05) is 18.2 Å². The molecule has 1 heterocycles. The number of rotatable bonds is 1. The highest BCUT2D eigenvalue weighted by Crippen LogP contribution is 2.20. The van der Waals surface area contributed by atoms with E-state index < -0.39 is 0 Å². The van der Waals surface area contributed by atoms with Gasteiger partial charge in [-0.2, -0.15) is 4.98 Å². The molecule has 4 heteroatoms. The second-order valence-electron chi connectivity index (χ2n) is 2.38. The summed E-state index contributed by atoms with van der Waals surface area (Å²) in [7, 11) is 1.79. The Kier molecular flexibility index (Phi) is 1.92. The van der Waals surface area contributed by atoms with Crippen molar-refractivity contribution in [3.05, 3.63) is 21.8 Å². The van der Waals surface area contributed by atoms with Crippen molar-refractivity contribution in [3.8, 4) is 0 Å². The quantitative estimate of drug-likeness (QED) is 0.812. The van der Waals surface area contributed by atoms with Gasteiger partial charge in [0, 0.05) is 10.6 Å². The Hall–Kier alpha value is -0.780. The van der Waals surface area contributed by atoms with Crippen molar-refractivity contribution in [2.24, 2.45) is 0 Å². The number of anilines is 1. The van der Waals surface area contributed by atoms with Crippen molar-refractivity contribution < 1.29 is 4.42 Å². The van der Waals surface area contributed by atoms with Crippen LogP contribution in [0.15, 0.2) is 22.6 Å². The first-order chi connectivity index (χ1) is 5.79. The van der Waals surface area contributed by atoms with E-state index in [-0.39, 0.29) is 0 Å². The maximum atomic E-state index is 5.37. The lowest BCUT2D eigenvalue weighted by molar-refractivity contribution is 0.620. The van der Waals surface area contributed by atoms with Crippen molar-refractivity contribution in [2.45, 2.75) is 0 Å². The zero-order valence-electron chi connectivity index (χ0n) is 6.47. The number of hydrogen-bond donors (Lipinski definition) is 1. The van der Waals surface area contributed by atoms with Crippen LogP contribution < -0.4 is 5.32 Å². The molecule has 0 amide bonds. The van der Waals surface area contributed by atoms with Gasteiger partial charge in [0.1, 0.15) is 5.52 Å². The fraction of sp³-hybridized carbons (Fsp3) is 0.125. The Morgan fingerprint density at radius 3 is 3.08 bits per heavy atom. The summed E-state index contributed by atoms with van der Waals surface area (Å²) in [5, 5.41) is 2.86. The molecule has 1 aromatic heterocycles. The third-order valence-corrected chi connectivity index (χ3v) is 2.24. The largest absolute Gasteiger partial charge is 0.424 e. The average molecular weight is 274 g/mol. The minimum Gasteiger partial charge on any atom is -0.424 e. The predicted octanol–water partition coefficient (Wildman–Crippen LogP) is 2.47. The van der Waals surface area contributed by atoms with E-state index in [0.717, 1.165) is 14.7 Å².